The molecule has 1 amide bonds. The molecule has 3 aromatic carbocycles. The van der Waals surface area contributed by atoms with E-state index in [9.17, 15) is 4.79 Å². The van der Waals surface area contributed by atoms with Gasteiger partial charge in [-0.25, -0.2) is 0 Å². The summed E-state index contributed by atoms with van der Waals surface area (Å²) in [5.74, 6) is -0.390. The molecule has 0 saturated heterocycles. The highest BCUT2D eigenvalue weighted by atomic mass is 16.1. The Morgan fingerprint density at radius 2 is 1.24 bits per heavy atom. The second-order valence-corrected chi connectivity index (χ2v) is 6.17. The molecule has 3 N–H and O–H groups in total. The van der Waals surface area contributed by atoms with Gasteiger partial charge in [0.25, 0.3) is 0 Å². The van der Waals surface area contributed by atoms with E-state index in [4.69, 9.17) is 5.73 Å². The number of primary amides is 1. The van der Waals surface area contributed by atoms with Crippen LogP contribution in [0.4, 0.5) is 0 Å². The van der Waals surface area contributed by atoms with Crippen LogP contribution in [0.2, 0.25) is 0 Å². The molecule has 0 fully saturated rings. The number of amides is 1. The molecule has 0 bridgehead atoms. The molecule has 0 aliphatic rings. The first kappa shape index (κ1) is 16.9. The molecule has 0 saturated carbocycles. The van der Waals surface area contributed by atoms with E-state index in [2.05, 4.69) is 48.6 Å². The van der Waals surface area contributed by atoms with Gasteiger partial charge in [-0.1, -0.05) is 90.5 Å². The summed E-state index contributed by atoms with van der Waals surface area (Å²) >= 11 is 0. The highest BCUT2D eigenvalue weighted by Gasteiger charge is 2.23. The molecular weight excluding hydrogens is 308 g/mol. The third-order valence-electron chi connectivity index (χ3n) is 4.29. The lowest BCUT2D eigenvalue weighted by Crippen LogP contribution is -2.36. The van der Waals surface area contributed by atoms with Crippen molar-refractivity contribution in [2.45, 2.75) is 19.0 Å². The third-order valence-corrected chi connectivity index (χ3v) is 4.29. The van der Waals surface area contributed by atoms with E-state index in [-0.39, 0.29) is 11.9 Å². The van der Waals surface area contributed by atoms with E-state index in [1.807, 2.05) is 48.5 Å². The molecule has 0 heterocycles. The van der Waals surface area contributed by atoms with E-state index >= 15 is 0 Å². The van der Waals surface area contributed by atoms with Gasteiger partial charge in [0.15, 0.2) is 0 Å². The number of nitrogens with two attached hydrogens (primary N) is 1. The minimum atomic E-state index is -0.562. The molecule has 126 valence electrons. The lowest BCUT2D eigenvalue weighted by atomic mass is 9.95. The van der Waals surface area contributed by atoms with Crippen LogP contribution in [0.25, 0.3) is 0 Å². The van der Waals surface area contributed by atoms with Crippen molar-refractivity contribution in [3.63, 3.8) is 0 Å². The first-order chi connectivity index (χ1) is 12.1. The van der Waals surface area contributed by atoms with Gasteiger partial charge in [0.1, 0.15) is 6.04 Å². The minimum Gasteiger partial charge on any atom is -0.368 e. The number of benzene rings is 3. The third kappa shape index (κ3) is 4.14. The second-order valence-electron chi connectivity index (χ2n) is 6.17. The van der Waals surface area contributed by atoms with Crippen LogP contribution in [0.5, 0.6) is 0 Å². The van der Waals surface area contributed by atoms with Crippen LogP contribution >= 0.6 is 0 Å². The highest BCUT2D eigenvalue weighted by molar-refractivity contribution is 5.81. The van der Waals surface area contributed by atoms with Crippen molar-refractivity contribution in [1.29, 1.82) is 0 Å². The summed E-state index contributed by atoms with van der Waals surface area (Å²) in [5.41, 5.74) is 9.95. The molecule has 3 rings (SSSR count). The molecular formula is C22H22N2O. The Bertz CT molecular complexity index is 814. The summed E-state index contributed by atoms with van der Waals surface area (Å²) < 4.78 is 0. The first-order valence-electron chi connectivity index (χ1n) is 8.37. The quantitative estimate of drug-likeness (QED) is 0.720. The summed E-state index contributed by atoms with van der Waals surface area (Å²) in [6.07, 6.45) is 0. The molecule has 0 unspecified atom stereocenters. The SMILES string of the molecule is Cc1ccc([C@H](N[C@@H](C(N)=O)c2ccccc2)c2ccccc2)cc1. The molecule has 3 heteroatoms. The van der Waals surface area contributed by atoms with Crippen LogP contribution in [0.15, 0.2) is 84.9 Å². The fourth-order valence-electron chi connectivity index (χ4n) is 2.94. The van der Waals surface area contributed by atoms with Gasteiger partial charge in [-0.05, 0) is 23.6 Å². The maximum absolute atomic E-state index is 12.1. The summed E-state index contributed by atoms with van der Waals surface area (Å²) in [7, 11) is 0. The van der Waals surface area contributed by atoms with Crippen molar-refractivity contribution in [3.05, 3.63) is 107 Å². The maximum Gasteiger partial charge on any atom is 0.239 e. The molecule has 3 aromatic rings. The Morgan fingerprint density at radius 1 is 0.760 bits per heavy atom. The Labute approximate surface area is 148 Å². The van der Waals surface area contributed by atoms with Crippen molar-refractivity contribution < 1.29 is 4.79 Å². The molecule has 2 atom stereocenters. The Balaban J connectivity index is 1.99. The van der Waals surface area contributed by atoms with Crippen LogP contribution < -0.4 is 11.1 Å². The second kappa shape index (κ2) is 7.77. The topological polar surface area (TPSA) is 55.1 Å². The Hall–Kier alpha value is -2.91. The lowest BCUT2D eigenvalue weighted by molar-refractivity contribution is -0.120. The van der Waals surface area contributed by atoms with Crippen LogP contribution in [0.1, 0.15) is 34.3 Å². The predicted molar refractivity (Wildman–Crippen MR) is 101 cm³/mol. The standard InChI is InChI=1S/C22H22N2O/c1-16-12-14-19(15-13-16)20(17-8-4-2-5-9-17)24-21(22(23)25)18-10-6-3-7-11-18/h2-15,20-21,24H,1H3,(H2,23,25)/t20-,21-/m1/s1. The lowest BCUT2D eigenvalue weighted by Gasteiger charge is -2.25. The number of hydrogen-bond acceptors (Lipinski definition) is 2. The summed E-state index contributed by atoms with van der Waals surface area (Å²) in [4.78, 5) is 12.1. The smallest absolute Gasteiger partial charge is 0.239 e. The fraction of sp³-hybridized carbons (Fsp3) is 0.136. The van der Waals surface area contributed by atoms with Gasteiger partial charge in [0.2, 0.25) is 5.91 Å². The van der Waals surface area contributed by atoms with Gasteiger partial charge in [0, 0.05) is 0 Å². The van der Waals surface area contributed by atoms with Gasteiger partial charge in [-0.3, -0.25) is 10.1 Å². The number of carbonyl (C=O) groups excluding carboxylic acids is 1. The Kier molecular flexibility index (Phi) is 5.26. The predicted octanol–water partition coefficient (Wildman–Crippen LogP) is 3.90. The van der Waals surface area contributed by atoms with Crippen molar-refractivity contribution in [1.82, 2.24) is 5.32 Å². The maximum atomic E-state index is 12.1. The highest BCUT2D eigenvalue weighted by Crippen LogP contribution is 2.26. The number of carbonyl (C=O) groups is 1. The summed E-state index contributed by atoms with van der Waals surface area (Å²) in [6, 6.07) is 27.3. The van der Waals surface area contributed by atoms with Gasteiger partial charge < -0.3 is 5.73 Å². The molecule has 25 heavy (non-hydrogen) atoms. The zero-order valence-corrected chi connectivity index (χ0v) is 14.2. The number of aryl methyl sites for hydroxylation is 1. The van der Waals surface area contributed by atoms with Crippen LogP contribution in [0.3, 0.4) is 0 Å². The molecule has 0 spiro atoms. The molecule has 3 nitrogen and oxygen atoms in total. The largest absolute Gasteiger partial charge is 0.368 e. The van der Waals surface area contributed by atoms with E-state index in [1.165, 1.54) is 5.56 Å². The van der Waals surface area contributed by atoms with Crippen molar-refractivity contribution in [3.8, 4) is 0 Å². The summed E-state index contributed by atoms with van der Waals surface area (Å²) in [6.45, 7) is 2.06. The van der Waals surface area contributed by atoms with Crippen molar-refractivity contribution in [2.75, 3.05) is 0 Å². The number of hydrogen-bond donors (Lipinski definition) is 2. The number of rotatable bonds is 6. The van der Waals surface area contributed by atoms with E-state index in [0.717, 1.165) is 16.7 Å². The Morgan fingerprint density at radius 3 is 1.76 bits per heavy atom. The zero-order chi connectivity index (χ0) is 17.6. The zero-order valence-electron chi connectivity index (χ0n) is 14.2. The monoisotopic (exact) mass is 330 g/mol. The van der Waals surface area contributed by atoms with E-state index in [0.29, 0.717) is 0 Å². The van der Waals surface area contributed by atoms with Crippen molar-refractivity contribution in [2.24, 2.45) is 5.73 Å². The molecule has 0 radical (unpaired) electrons. The van der Waals surface area contributed by atoms with Crippen LogP contribution in [-0.4, -0.2) is 5.91 Å². The molecule has 0 aliphatic heterocycles. The normalized spacial score (nSPS) is 13.2. The fourth-order valence-corrected chi connectivity index (χ4v) is 2.94. The average Bonchev–Trinajstić information content (AvgIpc) is 2.65. The minimum absolute atomic E-state index is 0.125. The molecule has 0 aliphatic carbocycles. The van der Waals surface area contributed by atoms with Gasteiger partial charge in [-0.2, -0.15) is 0 Å². The van der Waals surface area contributed by atoms with Gasteiger partial charge in [0.05, 0.1) is 6.04 Å². The van der Waals surface area contributed by atoms with Gasteiger partial charge >= 0.3 is 0 Å². The molecule has 0 aromatic heterocycles. The van der Waals surface area contributed by atoms with Crippen LogP contribution in [0, 0.1) is 6.92 Å². The van der Waals surface area contributed by atoms with E-state index < -0.39 is 6.04 Å². The van der Waals surface area contributed by atoms with E-state index in [1.54, 1.807) is 0 Å². The first-order valence-corrected chi connectivity index (χ1v) is 8.37. The van der Waals surface area contributed by atoms with Gasteiger partial charge in [-0.15, -0.1) is 0 Å². The number of nitrogens with one attached hydrogen (secondary N) is 1. The average molecular weight is 330 g/mol. The van der Waals surface area contributed by atoms with Crippen molar-refractivity contribution >= 4 is 5.91 Å². The summed E-state index contributed by atoms with van der Waals surface area (Å²) in [5, 5.41) is 3.45. The van der Waals surface area contributed by atoms with Crippen LogP contribution in [-0.2, 0) is 4.79 Å².